The van der Waals surface area contributed by atoms with E-state index < -0.39 is 18.0 Å². The Hall–Kier alpha value is -2.52. The summed E-state index contributed by atoms with van der Waals surface area (Å²) >= 11 is 0. The van der Waals surface area contributed by atoms with Crippen molar-refractivity contribution in [3.63, 3.8) is 0 Å². The molecule has 0 spiro atoms. The van der Waals surface area contributed by atoms with Crippen molar-refractivity contribution in [2.24, 2.45) is 0 Å². The van der Waals surface area contributed by atoms with Crippen molar-refractivity contribution in [3.8, 4) is 18.1 Å². The molecule has 0 amide bonds. The summed E-state index contributed by atoms with van der Waals surface area (Å²) < 4.78 is 5.22. The minimum absolute atomic E-state index is 0.0357. The number of carbonyl (C=O) groups is 2. The van der Waals surface area contributed by atoms with E-state index in [0.717, 1.165) is 5.56 Å². The number of carboxylic acid groups (broad SMARTS) is 2. The summed E-state index contributed by atoms with van der Waals surface area (Å²) in [5, 5.41) is 20.4. The highest BCUT2D eigenvalue weighted by Crippen LogP contribution is 2.12. The average Bonchev–Trinajstić information content (AvgIpc) is 2.45. The van der Waals surface area contributed by atoms with Gasteiger partial charge in [0.05, 0.1) is 0 Å². The molecule has 1 aromatic carbocycles. The van der Waals surface area contributed by atoms with Crippen LogP contribution < -0.4 is 10.1 Å². The first-order valence-corrected chi connectivity index (χ1v) is 6.36. The predicted molar refractivity (Wildman–Crippen MR) is 75.9 cm³/mol. The molecule has 0 aliphatic rings. The Kier molecular flexibility index (Phi) is 6.78. The van der Waals surface area contributed by atoms with Gasteiger partial charge in [0.25, 0.3) is 0 Å². The molecule has 21 heavy (non-hydrogen) atoms. The highest BCUT2D eigenvalue weighted by molar-refractivity contribution is 5.75. The number of rotatable bonds is 9. The van der Waals surface area contributed by atoms with E-state index in [1.165, 1.54) is 0 Å². The lowest BCUT2D eigenvalue weighted by Gasteiger charge is -2.13. The van der Waals surface area contributed by atoms with E-state index >= 15 is 0 Å². The first-order chi connectivity index (χ1) is 10.0. The third kappa shape index (κ3) is 6.45. The molecule has 0 aliphatic heterocycles. The fraction of sp³-hybridized carbons (Fsp3) is 0.333. The van der Waals surface area contributed by atoms with Crippen LogP contribution in [-0.2, 0) is 16.1 Å². The number of benzene rings is 1. The molecule has 0 heterocycles. The van der Waals surface area contributed by atoms with Gasteiger partial charge < -0.3 is 20.3 Å². The Labute approximate surface area is 122 Å². The maximum absolute atomic E-state index is 11.0. The van der Waals surface area contributed by atoms with Crippen molar-refractivity contribution in [2.45, 2.75) is 25.4 Å². The fourth-order valence-corrected chi connectivity index (χ4v) is 1.65. The average molecular weight is 291 g/mol. The molecule has 0 aromatic heterocycles. The topological polar surface area (TPSA) is 95.9 Å². The SMILES string of the molecule is C#CCOc1ccc(CN[C@@H](CCC(=O)O)C(=O)O)cc1. The van der Waals surface area contributed by atoms with Crippen LogP contribution in [0.25, 0.3) is 0 Å². The second-order valence-corrected chi connectivity index (χ2v) is 4.34. The highest BCUT2D eigenvalue weighted by atomic mass is 16.5. The molecule has 0 radical (unpaired) electrons. The second kappa shape index (κ2) is 8.61. The number of aliphatic carboxylic acids is 2. The summed E-state index contributed by atoms with van der Waals surface area (Å²) in [5.41, 5.74) is 0.865. The molecule has 0 fully saturated rings. The van der Waals surface area contributed by atoms with Crippen LogP contribution in [0.4, 0.5) is 0 Å². The van der Waals surface area contributed by atoms with Gasteiger partial charge in [-0.15, -0.1) is 6.42 Å². The van der Waals surface area contributed by atoms with Crippen LogP contribution >= 0.6 is 0 Å². The normalized spacial score (nSPS) is 11.4. The first-order valence-electron chi connectivity index (χ1n) is 6.36. The lowest BCUT2D eigenvalue weighted by molar-refractivity contribution is -0.140. The molecule has 0 saturated carbocycles. The molecule has 0 aliphatic carbocycles. The van der Waals surface area contributed by atoms with Gasteiger partial charge in [0.15, 0.2) is 0 Å². The Balaban J connectivity index is 2.49. The molecular formula is C15H17NO5. The smallest absolute Gasteiger partial charge is 0.320 e. The van der Waals surface area contributed by atoms with Crippen LogP contribution in [0.5, 0.6) is 5.75 Å². The van der Waals surface area contributed by atoms with Gasteiger partial charge in [-0.25, -0.2) is 0 Å². The van der Waals surface area contributed by atoms with Crippen molar-refractivity contribution in [1.82, 2.24) is 5.32 Å². The largest absolute Gasteiger partial charge is 0.481 e. The van der Waals surface area contributed by atoms with Gasteiger partial charge in [-0.2, -0.15) is 0 Å². The summed E-state index contributed by atoms with van der Waals surface area (Å²) in [5.74, 6) is 0.915. The van der Waals surface area contributed by atoms with Gasteiger partial charge in [0.2, 0.25) is 0 Å². The summed E-state index contributed by atoms with van der Waals surface area (Å²) in [7, 11) is 0. The van der Waals surface area contributed by atoms with Crippen molar-refractivity contribution in [1.29, 1.82) is 0 Å². The number of hydrogen-bond donors (Lipinski definition) is 3. The molecule has 3 N–H and O–H groups in total. The molecule has 112 valence electrons. The van der Waals surface area contributed by atoms with Crippen LogP contribution in [-0.4, -0.2) is 34.8 Å². The molecular weight excluding hydrogens is 274 g/mol. The van der Waals surface area contributed by atoms with Gasteiger partial charge in [0, 0.05) is 13.0 Å². The minimum Gasteiger partial charge on any atom is -0.481 e. The van der Waals surface area contributed by atoms with Gasteiger partial charge in [-0.05, 0) is 24.1 Å². The molecule has 6 heteroatoms. The van der Waals surface area contributed by atoms with E-state index in [-0.39, 0.29) is 19.4 Å². The number of nitrogens with one attached hydrogen (secondary N) is 1. The van der Waals surface area contributed by atoms with E-state index in [1.54, 1.807) is 24.3 Å². The first kappa shape index (κ1) is 16.5. The van der Waals surface area contributed by atoms with E-state index in [9.17, 15) is 9.59 Å². The van der Waals surface area contributed by atoms with Crippen LogP contribution in [0.1, 0.15) is 18.4 Å². The lowest BCUT2D eigenvalue weighted by atomic mass is 10.1. The van der Waals surface area contributed by atoms with Crippen molar-refractivity contribution in [2.75, 3.05) is 6.61 Å². The van der Waals surface area contributed by atoms with Gasteiger partial charge in [-0.3, -0.25) is 9.59 Å². The van der Waals surface area contributed by atoms with Crippen LogP contribution in [0.15, 0.2) is 24.3 Å². The minimum atomic E-state index is -1.06. The van der Waals surface area contributed by atoms with Crippen LogP contribution in [0.3, 0.4) is 0 Å². The Morgan fingerprint density at radius 3 is 2.48 bits per heavy atom. The van der Waals surface area contributed by atoms with E-state index in [4.69, 9.17) is 21.4 Å². The molecule has 6 nitrogen and oxygen atoms in total. The van der Waals surface area contributed by atoms with E-state index in [2.05, 4.69) is 11.2 Å². The summed E-state index contributed by atoms with van der Waals surface area (Å²) in [6.45, 7) is 0.514. The third-order valence-electron chi connectivity index (χ3n) is 2.74. The highest BCUT2D eigenvalue weighted by Gasteiger charge is 2.17. The summed E-state index contributed by atoms with van der Waals surface area (Å²) in [6, 6.07) is 6.16. The fourth-order valence-electron chi connectivity index (χ4n) is 1.65. The van der Waals surface area contributed by atoms with Gasteiger partial charge in [0.1, 0.15) is 18.4 Å². The van der Waals surface area contributed by atoms with Gasteiger partial charge in [-0.1, -0.05) is 18.1 Å². The summed E-state index contributed by atoms with van der Waals surface area (Å²) in [6.07, 6.45) is 4.93. The van der Waals surface area contributed by atoms with Crippen molar-refractivity contribution < 1.29 is 24.5 Å². The van der Waals surface area contributed by atoms with E-state index in [1.807, 2.05) is 0 Å². The number of ether oxygens (including phenoxy) is 1. The molecule has 1 atom stereocenters. The zero-order valence-corrected chi connectivity index (χ0v) is 11.4. The maximum atomic E-state index is 11.0. The zero-order chi connectivity index (χ0) is 15.7. The Morgan fingerprint density at radius 2 is 1.95 bits per heavy atom. The Morgan fingerprint density at radius 1 is 1.29 bits per heavy atom. The standard InChI is InChI=1S/C15H17NO5/c1-2-9-21-12-5-3-11(4-6-12)10-16-13(15(19)20)7-8-14(17)18/h1,3-6,13,16H,7-10H2,(H,17,18)(H,19,20)/t13-/m0/s1. The van der Waals surface area contributed by atoms with Crippen LogP contribution in [0, 0.1) is 12.3 Å². The number of terminal acetylenes is 1. The molecule has 0 saturated heterocycles. The summed E-state index contributed by atoms with van der Waals surface area (Å²) in [4.78, 5) is 21.5. The molecule has 1 rings (SSSR count). The molecule has 1 aromatic rings. The number of carboxylic acids is 2. The van der Waals surface area contributed by atoms with Crippen molar-refractivity contribution in [3.05, 3.63) is 29.8 Å². The number of hydrogen-bond acceptors (Lipinski definition) is 4. The third-order valence-corrected chi connectivity index (χ3v) is 2.74. The zero-order valence-electron chi connectivity index (χ0n) is 11.4. The predicted octanol–water partition coefficient (Wildman–Crippen LogP) is 1.11. The van der Waals surface area contributed by atoms with E-state index in [0.29, 0.717) is 12.3 Å². The lowest BCUT2D eigenvalue weighted by Crippen LogP contribution is -2.36. The second-order valence-electron chi connectivity index (χ2n) is 4.34. The Bertz CT molecular complexity index is 518. The monoisotopic (exact) mass is 291 g/mol. The quantitative estimate of drug-likeness (QED) is 0.590. The van der Waals surface area contributed by atoms with Crippen molar-refractivity contribution >= 4 is 11.9 Å². The maximum Gasteiger partial charge on any atom is 0.320 e. The van der Waals surface area contributed by atoms with Gasteiger partial charge >= 0.3 is 11.9 Å². The molecule has 0 unspecified atom stereocenters. The molecule has 0 bridgehead atoms. The van der Waals surface area contributed by atoms with Crippen LogP contribution in [0.2, 0.25) is 0 Å².